The van der Waals surface area contributed by atoms with Crippen LogP contribution in [0.25, 0.3) is 0 Å². The molecule has 3 rings (SSSR count). The van der Waals surface area contributed by atoms with Crippen LogP contribution in [0.5, 0.6) is 0 Å². The van der Waals surface area contributed by atoms with Crippen LogP contribution in [0.3, 0.4) is 0 Å². The predicted molar refractivity (Wildman–Crippen MR) is 85.0 cm³/mol. The van der Waals surface area contributed by atoms with Crippen LogP contribution >= 0.6 is 0 Å². The van der Waals surface area contributed by atoms with Gasteiger partial charge in [-0.3, -0.25) is 4.90 Å². The van der Waals surface area contributed by atoms with E-state index in [1.165, 1.54) is 58.2 Å². The van der Waals surface area contributed by atoms with Crippen molar-refractivity contribution in [2.24, 2.45) is 0 Å². The van der Waals surface area contributed by atoms with Crippen LogP contribution in [0.4, 0.5) is 0 Å². The van der Waals surface area contributed by atoms with E-state index in [1.807, 2.05) is 0 Å². The van der Waals surface area contributed by atoms with Crippen LogP contribution in [0.15, 0.2) is 24.3 Å². The molecule has 0 spiro atoms. The molecule has 1 aromatic rings. The van der Waals surface area contributed by atoms with Gasteiger partial charge in [0.2, 0.25) is 0 Å². The van der Waals surface area contributed by atoms with Crippen LogP contribution < -0.4 is 5.32 Å². The average Bonchev–Trinajstić information content (AvgIpc) is 2.47. The first kappa shape index (κ1) is 14.1. The molecular weight excluding hydrogens is 244 g/mol. The maximum Gasteiger partial charge on any atom is 0.0350 e. The minimum absolute atomic E-state index is 0.676. The molecule has 2 atom stereocenters. The summed E-state index contributed by atoms with van der Waals surface area (Å²) in [5, 5.41) is 3.69. The Kier molecular flexibility index (Phi) is 4.74. The summed E-state index contributed by atoms with van der Waals surface area (Å²) in [5.74, 6) is 0. The Morgan fingerprint density at radius 3 is 2.95 bits per heavy atom. The Bertz CT molecular complexity index is 429. The van der Waals surface area contributed by atoms with Gasteiger partial charge in [-0.05, 0) is 62.7 Å². The van der Waals surface area contributed by atoms with Gasteiger partial charge in [-0.1, -0.05) is 31.2 Å². The summed E-state index contributed by atoms with van der Waals surface area (Å²) in [6.07, 6.45) is 7.83. The molecule has 1 aromatic carbocycles. The lowest BCUT2D eigenvalue weighted by atomic mass is 9.86. The molecule has 1 saturated heterocycles. The van der Waals surface area contributed by atoms with Crippen molar-refractivity contribution in [3.05, 3.63) is 35.4 Å². The van der Waals surface area contributed by atoms with Gasteiger partial charge in [-0.15, -0.1) is 0 Å². The summed E-state index contributed by atoms with van der Waals surface area (Å²) in [5.41, 5.74) is 3.20. The SMILES string of the molecule is CCC1CCN(C2CCCc3ccccc32)CCCN1. The van der Waals surface area contributed by atoms with Crippen molar-refractivity contribution in [1.29, 1.82) is 0 Å². The first-order valence-electron chi connectivity index (χ1n) is 8.43. The smallest absolute Gasteiger partial charge is 0.0350 e. The standard InChI is InChI=1S/C18H28N2/c1-2-16-11-14-20(13-6-12-19-16)18-10-5-8-15-7-3-4-9-17(15)18/h3-4,7,9,16,18-19H,2,5-6,8,10-14H2,1H3. The van der Waals surface area contributed by atoms with Crippen LogP contribution in [-0.4, -0.2) is 30.6 Å². The molecule has 0 radical (unpaired) electrons. The van der Waals surface area contributed by atoms with Gasteiger partial charge in [0, 0.05) is 18.6 Å². The molecule has 0 saturated carbocycles. The van der Waals surface area contributed by atoms with Gasteiger partial charge in [0.25, 0.3) is 0 Å². The zero-order valence-corrected chi connectivity index (χ0v) is 12.8. The van der Waals surface area contributed by atoms with Crippen molar-refractivity contribution in [1.82, 2.24) is 10.2 Å². The second kappa shape index (κ2) is 6.73. The van der Waals surface area contributed by atoms with Crippen molar-refractivity contribution in [2.45, 2.75) is 57.5 Å². The molecule has 20 heavy (non-hydrogen) atoms. The quantitative estimate of drug-likeness (QED) is 0.886. The maximum atomic E-state index is 3.69. The third-order valence-electron chi connectivity index (χ3n) is 5.09. The molecule has 2 unspecified atom stereocenters. The topological polar surface area (TPSA) is 15.3 Å². The number of benzene rings is 1. The van der Waals surface area contributed by atoms with E-state index in [0.29, 0.717) is 6.04 Å². The van der Waals surface area contributed by atoms with Gasteiger partial charge in [0.1, 0.15) is 0 Å². The van der Waals surface area contributed by atoms with Crippen molar-refractivity contribution in [2.75, 3.05) is 19.6 Å². The molecule has 1 fully saturated rings. The molecule has 2 nitrogen and oxygen atoms in total. The van der Waals surface area contributed by atoms with Gasteiger partial charge in [0.05, 0.1) is 0 Å². The van der Waals surface area contributed by atoms with E-state index in [1.54, 1.807) is 11.1 Å². The van der Waals surface area contributed by atoms with Gasteiger partial charge >= 0.3 is 0 Å². The van der Waals surface area contributed by atoms with Gasteiger partial charge < -0.3 is 5.32 Å². The van der Waals surface area contributed by atoms with E-state index in [0.717, 1.165) is 6.04 Å². The molecule has 2 heteroatoms. The fraction of sp³-hybridized carbons (Fsp3) is 0.667. The molecule has 1 aliphatic heterocycles. The van der Waals surface area contributed by atoms with E-state index in [-0.39, 0.29) is 0 Å². The third kappa shape index (κ3) is 3.07. The minimum atomic E-state index is 0.676. The highest BCUT2D eigenvalue weighted by atomic mass is 15.2. The number of aryl methyl sites for hydroxylation is 1. The highest BCUT2D eigenvalue weighted by Gasteiger charge is 2.26. The first-order valence-corrected chi connectivity index (χ1v) is 8.43. The van der Waals surface area contributed by atoms with E-state index in [2.05, 4.69) is 41.4 Å². The van der Waals surface area contributed by atoms with Crippen molar-refractivity contribution >= 4 is 0 Å². The number of rotatable bonds is 2. The highest BCUT2D eigenvalue weighted by Crippen LogP contribution is 2.34. The van der Waals surface area contributed by atoms with E-state index in [9.17, 15) is 0 Å². The zero-order valence-electron chi connectivity index (χ0n) is 12.8. The Hall–Kier alpha value is -0.860. The van der Waals surface area contributed by atoms with Gasteiger partial charge in [-0.25, -0.2) is 0 Å². The molecule has 1 aliphatic carbocycles. The van der Waals surface area contributed by atoms with Crippen molar-refractivity contribution in [3.8, 4) is 0 Å². The second-order valence-corrected chi connectivity index (χ2v) is 6.34. The molecule has 0 bridgehead atoms. The summed E-state index contributed by atoms with van der Waals surface area (Å²) in [6, 6.07) is 10.5. The zero-order chi connectivity index (χ0) is 13.8. The number of nitrogens with one attached hydrogen (secondary N) is 1. The monoisotopic (exact) mass is 272 g/mol. The molecule has 1 heterocycles. The number of hydrogen-bond acceptors (Lipinski definition) is 2. The third-order valence-corrected chi connectivity index (χ3v) is 5.09. The number of fused-ring (bicyclic) bond motifs is 1. The predicted octanol–water partition coefficient (Wildman–Crippen LogP) is 3.53. The van der Waals surface area contributed by atoms with Crippen LogP contribution in [0.1, 0.15) is 56.2 Å². The second-order valence-electron chi connectivity index (χ2n) is 6.34. The van der Waals surface area contributed by atoms with E-state index < -0.39 is 0 Å². The lowest BCUT2D eigenvalue weighted by molar-refractivity contribution is 0.155. The van der Waals surface area contributed by atoms with Gasteiger partial charge in [-0.2, -0.15) is 0 Å². The number of nitrogens with zero attached hydrogens (tertiary/aromatic N) is 1. The highest BCUT2D eigenvalue weighted by molar-refractivity contribution is 5.32. The number of hydrogen-bond donors (Lipinski definition) is 1. The van der Waals surface area contributed by atoms with Crippen LogP contribution in [0.2, 0.25) is 0 Å². The molecule has 0 aromatic heterocycles. The lowest BCUT2D eigenvalue weighted by Crippen LogP contribution is -2.41. The molecule has 110 valence electrons. The van der Waals surface area contributed by atoms with E-state index >= 15 is 0 Å². The minimum Gasteiger partial charge on any atom is -0.314 e. The average molecular weight is 272 g/mol. The Balaban J connectivity index is 1.75. The van der Waals surface area contributed by atoms with E-state index in [4.69, 9.17) is 0 Å². The normalized spacial score (nSPS) is 28.4. The van der Waals surface area contributed by atoms with Gasteiger partial charge in [0.15, 0.2) is 0 Å². The maximum absolute atomic E-state index is 3.69. The van der Waals surface area contributed by atoms with Crippen LogP contribution in [-0.2, 0) is 6.42 Å². The van der Waals surface area contributed by atoms with Crippen molar-refractivity contribution < 1.29 is 0 Å². The Morgan fingerprint density at radius 1 is 1.15 bits per heavy atom. The molecular formula is C18H28N2. The summed E-state index contributed by atoms with van der Waals surface area (Å²) in [6.45, 7) is 6.00. The first-order chi connectivity index (χ1) is 9.88. The lowest BCUT2D eigenvalue weighted by Gasteiger charge is -2.38. The molecule has 1 N–H and O–H groups in total. The van der Waals surface area contributed by atoms with Crippen molar-refractivity contribution in [3.63, 3.8) is 0 Å². The Morgan fingerprint density at radius 2 is 2.05 bits per heavy atom. The van der Waals surface area contributed by atoms with Crippen LogP contribution in [0, 0.1) is 0 Å². The largest absolute Gasteiger partial charge is 0.314 e. The molecule has 0 amide bonds. The summed E-state index contributed by atoms with van der Waals surface area (Å²) >= 11 is 0. The Labute approximate surface area is 123 Å². The fourth-order valence-corrected chi connectivity index (χ4v) is 3.89. The summed E-state index contributed by atoms with van der Waals surface area (Å²) in [4.78, 5) is 2.77. The fourth-order valence-electron chi connectivity index (χ4n) is 3.89. The summed E-state index contributed by atoms with van der Waals surface area (Å²) < 4.78 is 0. The summed E-state index contributed by atoms with van der Waals surface area (Å²) in [7, 11) is 0. The molecule has 2 aliphatic rings.